The molecule has 0 aromatic carbocycles. The number of hydrogen-bond acceptors (Lipinski definition) is 4. The molecule has 1 aromatic heterocycles. The largest absolute Gasteiger partial charge is 0.465 e. The van der Waals surface area contributed by atoms with E-state index < -0.39 is 8.32 Å². The number of rotatable bonds is 4. The molecule has 1 heterocycles. The molecule has 0 atom stereocenters. The fraction of sp³-hybridized carbons (Fsp3) is 0.615. The normalized spacial score (nSPS) is 12.6. The van der Waals surface area contributed by atoms with Crippen molar-refractivity contribution in [3.05, 3.63) is 21.9 Å². The van der Waals surface area contributed by atoms with Gasteiger partial charge in [0.15, 0.2) is 8.32 Å². The molecule has 0 spiro atoms. The number of methoxy groups -OCH3 is 1. The van der Waals surface area contributed by atoms with Gasteiger partial charge in [-0.05, 0) is 30.3 Å². The molecule has 0 aliphatic heterocycles. The van der Waals surface area contributed by atoms with Crippen molar-refractivity contribution in [3.8, 4) is 0 Å². The van der Waals surface area contributed by atoms with Crippen molar-refractivity contribution in [2.45, 2.75) is 45.5 Å². The first-order valence-electron chi connectivity index (χ1n) is 5.98. The van der Waals surface area contributed by atoms with Gasteiger partial charge in [0, 0.05) is 4.88 Å². The first-order chi connectivity index (χ1) is 8.17. The average Bonchev–Trinajstić information content (AvgIpc) is 2.72. The van der Waals surface area contributed by atoms with Crippen molar-refractivity contribution in [1.82, 2.24) is 0 Å². The van der Waals surface area contributed by atoms with Crippen molar-refractivity contribution >= 4 is 25.6 Å². The van der Waals surface area contributed by atoms with Crippen LogP contribution in [0.3, 0.4) is 0 Å². The van der Waals surface area contributed by atoms with E-state index in [4.69, 9.17) is 4.43 Å². The van der Waals surface area contributed by atoms with E-state index in [-0.39, 0.29) is 11.0 Å². The third kappa shape index (κ3) is 3.67. The molecule has 3 nitrogen and oxygen atoms in total. The molecule has 0 N–H and O–H groups in total. The first-order valence-corrected chi connectivity index (χ1v) is 9.71. The maximum absolute atomic E-state index is 11.3. The molecule has 0 fully saturated rings. The van der Waals surface area contributed by atoms with Gasteiger partial charge in [0.25, 0.3) is 0 Å². The summed E-state index contributed by atoms with van der Waals surface area (Å²) < 4.78 is 10.8. The molecular weight excluding hydrogens is 264 g/mol. The highest BCUT2D eigenvalue weighted by molar-refractivity contribution is 7.13. The molecule has 0 radical (unpaired) electrons. The fourth-order valence-electron chi connectivity index (χ4n) is 1.13. The summed E-state index contributed by atoms with van der Waals surface area (Å²) in [5.41, 5.74) is 0. The Labute approximate surface area is 114 Å². The molecule has 1 aromatic rings. The van der Waals surface area contributed by atoms with Crippen LogP contribution in [0, 0.1) is 0 Å². The van der Waals surface area contributed by atoms with E-state index in [0.717, 1.165) is 4.88 Å². The fourth-order valence-corrected chi connectivity index (χ4v) is 3.03. The summed E-state index contributed by atoms with van der Waals surface area (Å²) in [6.45, 7) is 11.7. The van der Waals surface area contributed by atoms with Crippen LogP contribution >= 0.6 is 11.3 Å². The van der Waals surface area contributed by atoms with Gasteiger partial charge in [-0.2, -0.15) is 0 Å². The highest BCUT2D eigenvalue weighted by atomic mass is 32.1. The van der Waals surface area contributed by atoms with Crippen molar-refractivity contribution in [2.24, 2.45) is 0 Å². The van der Waals surface area contributed by atoms with E-state index in [2.05, 4.69) is 38.6 Å². The SMILES string of the molecule is COC(=O)c1ccc(CO[Si](C)(C)C(C)(C)C)s1. The lowest BCUT2D eigenvalue weighted by Gasteiger charge is -2.36. The Morgan fingerprint density at radius 2 is 1.94 bits per heavy atom. The average molecular weight is 286 g/mol. The van der Waals surface area contributed by atoms with Crippen LogP contribution in [0.25, 0.3) is 0 Å². The second-order valence-corrected chi connectivity index (χ2v) is 11.8. The van der Waals surface area contributed by atoms with Crippen LogP contribution in [0.2, 0.25) is 18.1 Å². The molecule has 0 saturated carbocycles. The Morgan fingerprint density at radius 3 is 2.44 bits per heavy atom. The summed E-state index contributed by atoms with van der Waals surface area (Å²) in [4.78, 5) is 13.0. The molecular formula is C13H22O3SSi. The first kappa shape index (κ1) is 15.4. The van der Waals surface area contributed by atoms with Crippen molar-refractivity contribution in [2.75, 3.05) is 7.11 Å². The Bertz CT molecular complexity index is 418. The third-order valence-corrected chi connectivity index (χ3v) is 8.95. The monoisotopic (exact) mass is 286 g/mol. The van der Waals surface area contributed by atoms with E-state index >= 15 is 0 Å². The highest BCUT2D eigenvalue weighted by Gasteiger charge is 2.37. The minimum atomic E-state index is -1.72. The number of carbonyl (C=O) groups is 1. The summed E-state index contributed by atoms with van der Waals surface area (Å²) in [7, 11) is -0.327. The topological polar surface area (TPSA) is 35.5 Å². The smallest absolute Gasteiger partial charge is 0.348 e. The van der Waals surface area contributed by atoms with Gasteiger partial charge in [0.2, 0.25) is 0 Å². The van der Waals surface area contributed by atoms with Gasteiger partial charge in [-0.25, -0.2) is 4.79 Å². The second kappa shape index (κ2) is 5.55. The summed E-state index contributed by atoms with van der Waals surface area (Å²) in [6.07, 6.45) is 0. The quantitative estimate of drug-likeness (QED) is 0.618. The lowest BCUT2D eigenvalue weighted by Crippen LogP contribution is -2.40. The Kier molecular flexibility index (Phi) is 4.75. The maximum atomic E-state index is 11.3. The number of hydrogen-bond donors (Lipinski definition) is 0. The van der Waals surface area contributed by atoms with Crippen LogP contribution in [0.4, 0.5) is 0 Å². The van der Waals surface area contributed by atoms with Gasteiger partial charge in [0.1, 0.15) is 4.88 Å². The van der Waals surface area contributed by atoms with E-state index in [1.807, 2.05) is 6.07 Å². The second-order valence-electron chi connectivity index (χ2n) is 5.81. The van der Waals surface area contributed by atoms with E-state index in [0.29, 0.717) is 11.5 Å². The molecule has 0 bridgehead atoms. The lowest BCUT2D eigenvalue weighted by atomic mass is 10.2. The van der Waals surface area contributed by atoms with Gasteiger partial charge in [-0.1, -0.05) is 20.8 Å². The summed E-state index contributed by atoms with van der Waals surface area (Å²) in [6, 6.07) is 3.73. The molecule has 1 rings (SSSR count). The van der Waals surface area contributed by atoms with Gasteiger partial charge in [-0.3, -0.25) is 0 Å². The van der Waals surface area contributed by atoms with Crippen LogP contribution < -0.4 is 0 Å². The summed E-state index contributed by atoms with van der Waals surface area (Å²) in [5, 5.41) is 0.204. The van der Waals surface area contributed by atoms with Crippen LogP contribution in [-0.4, -0.2) is 21.4 Å². The molecule has 18 heavy (non-hydrogen) atoms. The zero-order chi connectivity index (χ0) is 14.0. The molecule has 5 heteroatoms. The lowest BCUT2D eigenvalue weighted by molar-refractivity contribution is 0.0606. The minimum absolute atomic E-state index is 0.204. The van der Waals surface area contributed by atoms with Gasteiger partial charge in [-0.15, -0.1) is 11.3 Å². The number of ether oxygens (including phenoxy) is 1. The Hall–Kier alpha value is -0.653. The zero-order valence-corrected chi connectivity index (χ0v) is 13.8. The molecule has 0 unspecified atom stereocenters. The minimum Gasteiger partial charge on any atom is -0.465 e. The van der Waals surface area contributed by atoms with Crippen LogP contribution in [0.5, 0.6) is 0 Å². The van der Waals surface area contributed by atoms with Crippen molar-refractivity contribution in [3.63, 3.8) is 0 Å². The van der Waals surface area contributed by atoms with Gasteiger partial charge >= 0.3 is 5.97 Å². The van der Waals surface area contributed by atoms with Crippen LogP contribution in [0.15, 0.2) is 12.1 Å². The van der Waals surface area contributed by atoms with Crippen LogP contribution in [0.1, 0.15) is 35.3 Å². The summed E-state index contributed by atoms with van der Waals surface area (Å²) in [5.74, 6) is -0.279. The highest BCUT2D eigenvalue weighted by Crippen LogP contribution is 2.37. The van der Waals surface area contributed by atoms with Crippen molar-refractivity contribution < 1.29 is 14.0 Å². The number of esters is 1. The van der Waals surface area contributed by atoms with E-state index in [1.54, 1.807) is 6.07 Å². The molecule has 0 aliphatic carbocycles. The Balaban J connectivity index is 2.65. The Morgan fingerprint density at radius 1 is 1.33 bits per heavy atom. The molecule has 0 aliphatic rings. The predicted octanol–water partition coefficient (Wildman–Crippen LogP) is 4.06. The maximum Gasteiger partial charge on any atom is 0.348 e. The van der Waals surface area contributed by atoms with Gasteiger partial charge < -0.3 is 9.16 Å². The molecule has 0 amide bonds. The van der Waals surface area contributed by atoms with E-state index in [9.17, 15) is 4.79 Å². The standard InChI is InChI=1S/C13H22O3SSi/c1-13(2,3)18(5,6)16-9-10-7-8-11(17-10)12(14)15-4/h7-8H,9H2,1-6H3. The van der Waals surface area contributed by atoms with Crippen molar-refractivity contribution in [1.29, 1.82) is 0 Å². The predicted molar refractivity (Wildman–Crippen MR) is 77.6 cm³/mol. The summed E-state index contributed by atoms with van der Waals surface area (Å²) >= 11 is 1.44. The van der Waals surface area contributed by atoms with E-state index in [1.165, 1.54) is 18.4 Å². The number of carbonyl (C=O) groups excluding carboxylic acids is 1. The van der Waals surface area contributed by atoms with Gasteiger partial charge in [0.05, 0.1) is 13.7 Å². The number of thiophene rings is 1. The zero-order valence-electron chi connectivity index (χ0n) is 12.0. The molecule has 102 valence electrons. The molecule has 0 saturated heterocycles. The third-order valence-electron chi connectivity index (χ3n) is 3.43. The van der Waals surface area contributed by atoms with Crippen LogP contribution in [-0.2, 0) is 15.8 Å².